The Morgan fingerprint density at radius 3 is 2.35 bits per heavy atom. The number of nitrogens with zero attached hydrogens (tertiary/aromatic N) is 2. The standard InChI is InChI=1S/C18H22Cl3N3O2/c1-12-5-7-14(8-6-12)24-15(9-13(23-24)10-17(2,3)4)22-16(25)26-11-18(19,20)21/h5-9H,10-11H2,1-4H3,(H,22,25). The van der Waals surface area contributed by atoms with Crippen LogP contribution in [0, 0.1) is 12.3 Å². The summed E-state index contributed by atoms with van der Waals surface area (Å²) in [4.78, 5) is 12.0. The van der Waals surface area contributed by atoms with E-state index in [-0.39, 0.29) is 12.0 Å². The maximum absolute atomic E-state index is 12.0. The Hall–Kier alpha value is -1.43. The molecule has 0 unspecified atom stereocenters. The zero-order valence-corrected chi connectivity index (χ0v) is 17.4. The fourth-order valence-electron chi connectivity index (χ4n) is 2.32. The van der Waals surface area contributed by atoms with E-state index in [9.17, 15) is 4.79 Å². The predicted molar refractivity (Wildman–Crippen MR) is 107 cm³/mol. The third kappa shape index (κ3) is 6.71. The van der Waals surface area contributed by atoms with Crippen LogP contribution in [0.1, 0.15) is 32.0 Å². The van der Waals surface area contributed by atoms with Gasteiger partial charge in [-0.2, -0.15) is 5.10 Å². The number of benzene rings is 1. The molecule has 8 heteroatoms. The Labute approximate surface area is 168 Å². The molecule has 0 saturated heterocycles. The highest BCUT2D eigenvalue weighted by atomic mass is 35.6. The molecule has 1 heterocycles. The lowest BCUT2D eigenvalue weighted by molar-refractivity contribution is 0.163. The number of aryl methyl sites for hydroxylation is 1. The van der Waals surface area contributed by atoms with Crippen LogP contribution >= 0.6 is 34.8 Å². The molecule has 0 bridgehead atoms. The molecule has 1 aromatic carbocycles. The van der Waals surface area contributed by atoms with Crippen molar-refractivity contribution in [2.45, 2.75) is 37.9 Å². The van der Waals surface area contributed by atoms with E-state index < -0.39 is 9.89 Å². The molecule has 0 fully saturated rings. The fraction of sp³-hybridized carbons (Fsp3) is 0.444. The molecule has 142 valence electrons. The van der Waals surface area contributed by atoms with Gasteiger partial charge in [-0.3, -0.25) is 5.32 Å². The zero-order valence-electron chi connectivity index (χ0n) is 15.1. The molecule has 2 rings (SSSR count). The first-order valence-electron chi connectivity index (χ1n) is 8.09. The zero-order chi connectivity index (χ0) is 19.5. The number of amides is 1. The van der Waals surface area contributed by atoms with Crippen LogP contribution in [0.2, 0.25) is 0 Å². The van der Waals surface area contributed by atoms with Crippen molar-refractivity contribution in [2.75, 3.05) is 11.9 Å². The number of anilines is 1. The molecule has 0 atom stereocenters. The fourth-order valence-corrected chi connectivity index (χ4v) is 2.48. The lowest BCUT2D eigenvalue weighted by Gasteiger charge is -2.15. The lowest BCUT2D eigenvalue weighted by Crippen LogP contribution is -2.22. The average molecular weight is 419 g/mol. The highest BCUT2D eigenvalue weighted by Gasteiger charge is 2.23. The van der Waals surface area contributed by atoms with E-state index in [1.807, 2.05) is 37.3 Å². The van der Waals surface area contributed by atoms with Crippen LogP contribution < -0.4 is 5.32 Å². The molecule has 5 nitrogen and oxygen atoms in total. The highest BCUT2D eigenvalue weighted by molar-refractivity contribution is 6.67. The largest absolute Gasteiger partial charge is 0.445 e. The summed E-state index contributed by atoms with van der Waals surface area (Å²) in [7, 11) is 0. The van der Waals surface area contributed by atoms with Gasteiger partial charge in [0.05, 0.1) is 11.4 Å². The van der Waals surface area contributed by atoms with Crippen LogP contribution in [0.25, 0.3) is 5.69 Å². The number of hydrogen-bond acceptors (Lipinski definition) is 3. The summed E-state index contributed by atoms with van der Waals surface area (Å²) in [6.07, 6.45) is 0.0379. The number of alkyl halides is 3. The van der Waals surface area contributed by atoms with Crippen molar-refractivity contribution in [3.8, 4) is 5.69 Å². The first-order valence-corrected chi connectivity index (χ1v) is 9.23. The molecule has 1 amide bonds. The normalized spacial score (nSPS) is 12.1. The number of aromatic nitrogens is 2. The van der Waals surface area contributed by atoms with Crippen molar-refractivity contribution < 1.29 is 9.53 Å². The topological polar surface area (TPSA) is 56.2 Å². The van der Waals surface area contributed by atoms with Gasteiger partial charge in [-0.05, 0) is 30.9 Å². The average Bonchev–Trinajstić information content (AvgIpc) is 2.85. The molecule has 2 aromatic rings. The molecule has 0 aliphatic rings. The Bertz CT molecular complexity index is 759. The Morgan fingerprint density at radius 2 is 1.81 bits per heavy atom. The SMILES string of the molecule is Cc1ccc(-n2nc(CC(C)(C)C)cc2NC(=O)OCC(Cl)(Cl)Cl)cc1. The molecule has 1 aromatic heterocycles. The van der Waals surface area contributed by atoms with E-state index in [0.717, 1.165) is 23.4 Å². The van der Waals surface area contributed by atoms with Crippen LogP contribution in [0.15, 0.2) is 30.3 Å². The summed E-state index contributed by atoms with van der Waals surface area (Å²) in [5, 5.41) is 7.29. The Balaban J connectivity index is 2.27. The molecule has 0 spiro atoms. The van der Waals surface area contributed by atoms with Gasteiger partial charge in [-0.25, -0.2) is 9.48 Å². The minimum Gasteiger partial charge on any atom is -0.445 e. The van der Waals surface area contributed by atoms with Gasteiger partial charge >= 0.3 is 6.09 Å². The quantitative estimate of drug-likeness (QED) is 0.649. The first-order chi connectivity index (χ1) is 11.9. The number of nitrogens with one attached hydrogen (secondary N) is 1. The molecular formula is C18H22Cl3N3O2. The smallest absolute Gasteiger partial charge is 0.412 e. The van der Waals surface area contributed by atoms with Gasteiger partial charge in [-0.1, -0.05) is 73.3 Å². The second-order valence-corrected chi connectivity index (χ2v) is 9.84. The number of carbonyl (C=O) groups excluding carboxylic acids is 1. The van der Waals surface area contributed by atoms with Gasteiger partial charge in [0.2, 0.25) is 3.79 Å². The van der Waals surface area contributed by atoms with Crippen molar-refractivity contribution in [1.82, 2.24) is 9.78 Å². The monoisotopic (exact) mass is 417 g/mol. The van der Waals surface area contributed by atoms with Crippen LogP contribution in [-0.4, -0.2) is 26.3 Å². The van der Waals surface area contributed by atoms with Crippen molar-refractivity contribution >= 4 is 46.7 Å². The van der Waals surface area contributed by atoms with E-state index in [4.69, 9.17) is 39.5 Å². The van der Waals surface area contributed by atoms with Crippen molar-refractivity contribution in [3.63, 3.8) is 0 Å². The number of halogens is 3. The maximum atomic E-state index is 12.0. The molecule has 26 heavy (non-hydrogen) atoms. The number of rotatable bonds is 4. The Morgan fingerprint density at radius 1 is 1.19 bits per heavy atom. The van der Waals surface area contributed by atoms with E-state index in [1.54, 1.807) is 4.68 Å². The number of carbonyl (C=O) groups is 1. The van der Waals surface area contributed by atoms with Gasteiger partial charge in [-0.15, -0.1) is 0 Å². The van der Waals surface area contributed by atoms with Crippen molar-refractivity contribution in [2.24, 2.45) is 5.41 Å². The Kier molecular flexibility index (Phi) is 6.48. The molecule has 1 N–H and O–H groups in total. The van der Waals surface area contributed by atoms with Gasteiger partial charge < -0.3 is 4.74 Å². The second-order valence-electron chi connectivity index (χ2n) is 7.32. The molecule has 0 aliphatic carbocycles. The summed E-state index contributed by atoms with van der Waals surface area (Å²) in [6, 6.07) is 9.64. The number of hydrogen-bond donors (Lipinski definition) is 1. The minimum absolute atomic E-state index is 0.0553. The third-order valence-corrected chi connectivity index (χ3v) is 3.67. The number of ether oxygens (including phenoxy) is 1. The molecular weight excluding hydrogens is 397 g/mol. The minimum atomic E-state index is -1.66. The summed E-state index contributed by atoms with van der Waals surface area (Å²) >= 11 is 16.8. The van der Waals surface area contributed by atoms with Crippen molar-refractivity contribution in [1.29, 1.82) is 0 Å². The molecule has 0 saturated carbocycles. The van der Waals surface area contributed by atoms with E-state index in [2.05, 4.69) is 31.2 Å². The van der Waals surface area contributed by atoms with Crippen LogP contribution in [0.3, 0.4) is 0 Å². The first kappa shape index (κ1) is 20.9. The van der Waals surface area contributed by atoms with Gasteiger partial charge in [0.15, 0.2) is 0 Å². The van der Waals surface area contributed by atoms with Crippen molar-refractivity contribution in [3.05, 3.63) is 41.6 Å². The second kappa shape index (κ2) is 8.07. The summed E-state index contributed by atoms with van der Waals surface area (Å²) in [5.74, 6) is 0.488. The maximum Gasteiger partial charge on any atom is 0.412 e. The van der Waals surface area contributed by atoms with Crippen LogP contribution in [0.4, 0.5) is 10.6 Å². The van der Waals surface area contributed by atoms with Crippen LogP contribution in [0.5, 0.6) is 0 Å². The molecule has 0 aliphatic heterocycles. The van der Waals surface area contributed by atoms with Gasteiger partial charge in [0, 0.05) is 6.07 Å². The lowest BCUT2D eigenvalue weighted by atomic mass is 9.91. The van der Waals surface area contributed by atoms with Gasteiger partial charge in [0.25, 0.3) is 0 Å². The van der Waals surface area contributed by atoms with E-state index in [0.29, 0.717) is 5.82 Å². The van der Waals surface area contributed by atoms with Gasteiger partial charge in [0.1, 0.15) is 12.4 Å². The van der Waals surface area contributed by atoms with E-state index in [1.165, 1.54) is 0 Å². The van der Waals surface area contributed by atoms with E-state index >= 15 is 0 Å². The summed E-state index contributed by atoms with van der Waals surface area (Å²) in [5.41, 5.74) is 2.87. The predicted octanol–water partition coefficient (Wildman–Crippen LogP) is 5.69. The van der Waals surface area contributed by atoms with Crippen LogP contribution in [-0.2, 0) is 11.2 Å². The highest BCUT2D eigenvalue weighted by Crippen LogP contribution is 2.27. The third-order valence-electron chi connectivity index (χ3n) is 3.35. The molecule has 0 radical (unpaired) electrons. The summed E-state index contributed by atoms with van der Waals surface area (Å²) in [6.45, 7) is 8.03. The summed E-state index contributed by atoms with van der Waals surface area (Å²) < 4.78 is 4.95.